The van der Waals surface area contributed by atoms with Gasteiger partial charge in [0.1, 0.15) is 0 Å². The van der Waals surface area contributed by atoms with Crippen molar-refractivity contribution in [2.75, 3.05) is 6.61 Å². The third-order valence-corrected chi connectivity index (χ3v) is 5.78. The molecule has 1 aliphatic carbocycles. The summed E-state index contributed by atoms with van der Waals surface area (Å²) >= 11 is 0. The molecular weight excluding hydrogens is 316 g/mol. The average Bonchev–Trinajstić information content (AvgIpc) is 3.13. The fraction of sp³-hybridized carbons (Fsp3) is 0.810. The Morgan fingerprint density at radius 1 is 1.28 bits per heavy atom. The smallest absolute Gasteiger partial charge is 0.158 e. The van der Waals surface area contributed by atoms with E-state index >= 15 is 0 Å². The van der Waals surface area contributed by atoms with E-state index in [0.29, 0.717) is 11.8 Å². The Morgan fingerprint density at radius 2 is 2.16 bits per heavy atom. The fourth-order valence-electron chi connectivity index (χ4n) is 4.33. The molecule has 3 aliphatic rings. The first kappa shape index (κ1) is 18.9. The number of hydrogen-bond donors (Lipinski definition) is 1. The Balaban J connectivity index is 1.64. The van der Waals surface area contributed by atoms with Crippen molar-refractivity contribution in [1.82, 2.24) is 0 Å². The largest absolute Gasteiger partial charge is 0.368 e. The lowest BCUT2D eigenvalue weighted by molar-refractivity contribution is -0.207. The SMILES string of the molecule is CC#CCCC(C)(C=C[C@H]1CC[C@@H]2OC(O)C[C@@H]21)OC1CCCCO1. The van der Waals surface area contributed by atoms with Crippen molar-refractivity contribution in [2.24, 2.45) is 11.8 Å². The van der Waals surface area contributed by atoms with E-state index in [-0.39, 0.29) is 18.0 Å². The van der Waals surface area contributed by atoms with Crippen molar-refractivity contribution >= 4 is 0 Å². The molecule has 3 fully saturated rings. The summed E-state index contributed by atoms with van der Waals surface area (Å²) in [4.78, 5) is 0. The summed E-state index contributed by atoms with van der Waals surface area (Å²) in [6, 6.07) is 0. The van der Waals surface area contributed by atoms with Gasteiger partial charge in [0.05, 0.1) is 11.7 Å². The van der Waals surface area contributed by atoms with Crippen LogP contribution in [0.4, 0.5) is 0 Å². The summed E-state index contributed by atoms with van der Waals surface area (Å²) in [7, 11) is 0. The molecule has 0 aromatic carbocycles. The molecule has 25 heavy (non-hydrogen) atoms. The molecule has 3 unspecified atom stereocenters. The number of aliphatic hydroxyl groups excluding tert-OH is 1. The minimum Gasteiger partial charge on any atom is -0.368 e. The normalized spacial score (nSPS) is 37.5. The molecule has 2 heterocycles. The van der Waals surface area contributed by atoms with Crippen LogP contribution in [0.15, 0.2) is 12.2 Å². The van der Waals surface area contributed by atoms with E-state index in [2.05, 4.69) is 30.9 Å². The van der Waals surface area contributed by atoms with Crippen LogP contribution in [0.3, 0.4) is 0 Å². The zero-order valence-electron chi connectivity index (χ0n) is 15.6. The van der Waals surface area contributed by atoms with Crippen LogP contribution in [-0.2, 0) is 14.2 Å². The number of rotatable bonds is 6. The van der Waals surface area contributed by atoms with Crippen molar-refractivity contribution in [1.29, 1.82) is 0 Å². The van der Waals surface area contributed by atoms with Crippen molar-refractivity contribution in [2.45, 2.75) is 89.5 Å². The van der Waals surface area contributed by atoms with Crippen molar-refractivity contribution in [3.63, 3.8) is 0 Å². The summed E-state index contributed by atoms with van der Waals surface area (Å²) in [5, 5.41) is 9.74. The lowest BCUT2D eigenvalue weighted by Gasteiger charge is -2.33. The van der Waals surface area contributed by atoms with Gasteiger partial charge in [-0.2, -0.15) is 0 Å². The van der Waals surface area contributed by atoms with Gasteiger partial charge in [-0.15, -0.1) is 11.8 Å². The molecular formula is C21H32O4. The van der Waals surface area contributed by atoms with E-state index in [1.165, 1.54) is 6.42 Å². The topological polar surface area (TPSA) is 47.9 Å². The van der Waals surface area contributed by atoms with Gasteiger partial charge >= 0.3 is 0 Å². The summed E-state index contributed by atoms with van der Waals surface area (Å²) in [5.74, 6) is 7.03. The lowest BCUT2D eigenvalue weighted by atomic mass is 9.90. The van der Waals surface area contributed by atoms with Gasteiger partial charge in [-0.1, -0.05) is 12.2 Å². The lowest BCUT2D eigenvalue weighted by Crippen LogP contribution is -2.35. The highest BCUT2D eigenvalue weighted by Gasteiger charge is 2.43. The van der Waals surface area contributed by atoms with E-state index in [0.717, 1.165) is 51.6 Å². The summed E-state index contributed by atoms with van der Waals surface area (Å²) in [5.41, 5.74) is -0.359. The van der Waals surface area contributed by atoms with E-state index in [4.69, 9.17) is 14.2 Å². The van der Waals surface area contributed by atoms with Crippen LogP contribution >= 0.6 is 0 Å². The number of hydrogen-bond acceptors (Lipinski definition) is 4. The van der Waals surface area contributed by atoms with Gasteiger partial charge in [0, 0.05) is 19.4 Å². The highest BCUT2D eigenvalue weighted by atomic mass is 16.7. The maximum atomic E-state index is 9.74. The molecule has 1 saturated carbocycles. The monoisotopic (exact) mass is 348 g/mol. The maximum absolute atomic E-state index is 9.74. The molecule has 3 rings (SSSR count). The molecule has 1 N–H and O–H groups in total. The molecule has 0 spiro atoms. The molecule has 0 aromatic heterocycles. The Labute approximate surface area is 151 Å². The second-order valence-electron chi connectivity index (χ2n) is 7.78. The highest BCUT2D eigenvalue weighted by molar-refractivity contribution is 5.08. The molecule has 2 aliphatic heterocycles. The second-order valence-corrected chi connectivity index (χ2v) is 7.78. The van der Waals surface area contributed by atoms with Crippen LogP contribution in [0, 0.1) is 23.7 Å². The number of ether oxygens (including phenoxy) is 3. The second kappa shape index (κ2) is 8.68. The summed E-state index contributed by atoms with van der Waals surface area (Å²) < 4.78 is 17.8. The van der Waals surface area contributed by atoms with E-state index < -0.39 is 6.29 Å². The summed E-state index contributed by atoms with van der Waals surface area (Å²) in [6.45, 7) is 4.81. The number of aliphatic hydroxyl groups is 1. The van der Waals surface area contributed by atoms with Crippen molar-refractivity contribution in [3.8, 4) is 11.8 Å². The summed E-state index contributed by atoms with van der Waals surface area (Å²) in [6.07, 6.45) is 11.9. The average molecular weight is 348 g/mol. The van der Waals surface area contributed by atoms with Gasteiger partial charge < -0.3 is 19.3 Å². The Kier molecular flexibility index (Phi) is 6.57. The molecule has 0 amide bonds. The zero-order chi connectivity index (χ0) is 17.7. The number of fused-ring (bicyclic) bond motifs is 1. The van der Waals surface area contributed by atoms with Crippen LogP contribution in [0.25, 0.3) is 0 Å². The van der Waals surface area contributed by atoms with Gasteiger partial charge in [-0.05, 0) is 64.2 Å². The minimum atomic E-state index is -0.579. The first-order valence-corrected chi connectivity index (χ1v) is 9.81. The fourth-order valence-corrected chi connectivity index (χ4v) is 4.33. The van der Waals surface area contributed by atoms with Gasteiger partial charge in [-0.3, -0.25) is 0 Å². The number of allylic oxidation sites excluding steroid dienone is 1. The molecule has 140 valence electrons. The first-order valence-electron chi connectivity index (χ1n) is 9.81. The maximum Gasteiger partial charge on any atom is 0.158 e. The van der Waals surface area contributed by atoms with Crippen molar-refractivity contribution in [3.05, 3.63) is 12.2 Å². The predicted octanol–water partition coefficient (Wildman–Crippen LogP) is 3.78. The quantitative estimate of drug-likeness (QED) is 0.586. The first-order chi connectivity index (χ1) is 12.1. The molecule has 0 radical (unpaired) electrons. The minimum absolute atomic E-state index is 0.106. The van der Waals surface area contributed by atoms with Crippen LogP contribution in [0.1, 0.15) is 65.2 Å². The molecule has 6 atom stereocenters. The highest BCUT2D eigenvalue weighted by Crippen LogP contribution is 2.43. The Hall–Kier alpha value is -0.860. The molecule has 2 saturated heterocycles. The van der Waals surface area contributed by atoms with Gasteiger partial charge in [-0.25, -0.2) is 0 Å². The third kappa shape index (κ3) is 5.08. The molecule has 4 heteroatoms. The van der Waals surface area contributed by atoms with Crippen LogP contribution < -0.4 is 0 Å². The van der Waals surface area contributed by atoms with Gasteiger partial charge in [0.2, 0.25) is 0 Å². The molecule has 0 aromatic rings. The van der Waals surface area contributed by atoms with Crippen molar-refractivity contribution < 1.29 is 19.3 Å². The molecule has 4 nitrogen and oxygen atoms in total. The van der Waals surface area contributed by atoms with Crippen LogP contribution in [0.2, 0.25) is 0 Å². The van der Waals surface area contributed by atoms with E-state index in [1.54, 1.807) is 0 Å². The van der Waals surface area contributed by atoms with E-state index in [9.17, 15) is 5.11 Å². The van der Waals surface area contributed by atoms with E-state index in [1.807, 2.05) is 6.92 Å². The van der Waals surface area contributed by atoms with Gasteiger partial charge in [0.25, 0.3) is 0 Å². The standard InChI is InChI=1S/C21H32O4/c1-3-4-6-12-21(2,25-20-8-5-7-14-23-20)13-11-16-9-10-18-17(16)15-19(22)24-18/h11,13,16-20,22H,5-10,12,14-15H2,1-2H3/t16-,17-,18+,19?,20?,21?/m1/s1. The van der Waals surface area contributed by atoms with Crippen LogP contribution in [-0.4, -0.2) is 36.0 Å². The Bertz CT molecular complexity index is 514. The third-order valence-electron chi connectivity index (χ3n) is 5.78. The van der Waals surface area contributed by atoms with Gasteiger partial charge in [0.15, 0.2) is 12.6 Å². The Morgan fingerprint density at radius 3 is 2.92 bits per heavy atom. The van der Waals surface area contributed by atoms with Crippen LogP contribution in [0.5, 0.6) is 0 Å². The molecule has 0 bridgehead atoms. The zero-order valence-corrected chi connectivity index (χ0v) is 15.6. The predicted molar refractivity (Wildman–Crippen MR) is 96.6 cm³/mol.